The van der Waals surface area contributed by atoms with Gasteiger partial charge in [0.2, 0.25) is 0 Å². The summed E-state index contributed by atoms with van der Waals surface area (Å²) >= 11 is 0. The van der Waals surface area contributed by atoms with Crippen molar-refractivity contribution in [2.24, 2.45) is 0 Å². The highest BCUT2D eigenvalue weighted by Crippen LogP contribution is 2.23. The number of carbonyl (C=O) groups is 1. The fraction of sp³-hybridized carbons (Fsp3) is 0.138. The van der Waals surface area contributed by atoms with Crippen LogP contribution in [0.3, 0.4) is 0 Å². The van der Waals surface area contributed by atoms with Gasteiger partial charge in [0.1, 0.15) is 31.0 Å². The zero-order valence-electron chi connectivity index (χ0n) is 19.9. The number of nitrogens with zero attached hydrogens (tertiary/aromatic N) is 3. The molecular weight excluding hydrogens is 452 g/mol. The molecule has 0 saturated heterocycles. The van der Waals surface area contributed by atoms with Gasteiger partial charge in [-0.2, -0.15) is 0 Å². The lowest BCUT2D eigenvalue weighted by Gasteiger charge is -2.11. The van der Waals surface area contributed by atoms with Gasteiger partial charge in [0.05, 0.1) is 16.7 Å². The number of aromatic nitrogens is 3. The van der Waals surface area contributed by atoms with Gasteiger partial charge in [0.25, 0.3) is 5.91 Å². The van der Waals surface area contributed by atoms with Crippen LogP contribution in [-0.2, 0) is 6.54 Å². The normalized spacial score (nSPS) is 10.8. The molecule has 0 atom stereocenters. The van der Waals surface area contributed by atoms with E-state index in [1.165, 1.54) is 5.56 Å². The molecule has 5 aromatic rings. The van der Waals surface area contributed by atoms with Gasteiger partial charge in [0, 0.05) is 30.6 Å². The maximum absolute atomic E-state index is 12.6. The Morgan fingerprint density at radius 1 is 0.917 bits per heavy atom. The summed E-state index contributed by atoms with van der Waals surface area (Å²) in [5, 5.41) is 2.92. The minimum absolute atomic E-state index is 0.154. The third-order valence-electron chi connectivity index (χ3n) is 5.72. The molecule has 0 aliphatic heterocycles. The minimum Gasteiger partial charge on any atom is -0.490 e. The summed E-state index contributed by atoms with van der Waals surface area (Å²) in [6, 6.07) is 25.0. The number of fused-ring (bicyclic) bond motifs is 1. The molecule has 0 bridgehead atoms. The summed E-state index contributed by atoms with van der Waals surface area (Å²) in [7, 11) is 0. The van der Waals surface area contributed by atoms with E-state index >= 15 is 0 Å². The van der Waals surface area contributed by atoms with Crippen molar-refractivity contribution >= 4 is 16.9 Å². The Balaban J connectivity index is 1.22. The van der Waals surface area contributed by atoms with Gasteiger partial charge in [-0.15, -0.1) is 0 Å². The summed E-state index contributed by atoms with van der Waals surface area (Å²) < 4.78 is 13.6. The summed E-state index contributed by atoms with van der Waals surface area (Å²) in [4.78, 5) is 21.2. The monoisotopic (exact) mass is 478 g/mol. The largest absolute Gasteiger partial charge is 0.490 e. The van der Waals surface area contributed by atoms with E-state index in [4.69, 9.17) is 9.47 Å². The second kappa shape index (κ2) is 10.7. The molecule has 0 aliphatic rings. The molecular formula is C29H26N4O3. The second-order valence-corrected chi connectivity index (χ2v) is 8.37. The van der Waals surface area contributed by atoms with E-state index in [1.807, 2.05) is 84.3 Å². The van der Waals surface area contributed by atoms with Gasteiger partial charge in [-0.3, -0.25) is 14.3 Å². The molecule has 0 unspecified atom stereocenters. The lowest BCUT2D eigenvalue weighted by molar-refractivity contribution is 0.0951. The molecule has 2 heterocycles. The first-order valence-electron chi connectivity index (χ1n) is 11.7. The third kappa shape index (κ3) is 5.52. The quantitative estimate of drug-likeness (QED) is 0.298. The van der Waals surface area contributed by atoms with Gasteiger partial charge < -0.3 is 14.8 Å². The van der Waals surface area contributed by atoms with E-state index in [1.54, 1.807) is 24.8 Å². The van der Waals surface area contributed by atoms with Crippen LogP contribution >= 0.6 is 0 Å². The Labute approximate surface area is 209 Å². The molecule has 7 heteroatoms. The SMILES string of the molecule is Cc1ccc(OCCOc2cccc(-n3cnc4cc(C(=O)NCc5cccnc5)ccc43)c2)cc1. The fourth-order valence-corrected chi connectivity index (χ4v) is 3.82. The van der Waals surface area contributed by atoms with Crippen molar-refractivity contribution in [3.05, 3.63) is 114 Å². The predicted octanol–water partition coefficient (Wildman–Crippen LogP) is 5.12. The number of hydrogen-bond donors (Lipinski definition) is 1. The number of pyridine rings is 1. The van der Waals surface area contributed by atoms with Crippen LogP contribution in [0.25, 0.3) is 16.7 Å². The van der Waals surface area contributed by atoms with Crippen LogP contribution in [0.2, 0.25) is 0 Å². The Morgan fingerprint density at radius 3 is 2.56 bits per heavy atom. The van der Waals surface area contributed by atoms with Gasteiger partial charge in [0.15, 0.2) is 0 Å². The number of benzene rings is 3. The van der Waals surface area contributed by atoms with E-state index in [2.05, 4.69) is 15.3 Å². The van der Waals surface area contributed by atoms with Gasteiger partial charge in [-0.05, 0) is 61.0 Å². The fourth-order valence-electron chi connectivity index (χ4n) is 3.82. The molecule has 1 amide bonds. The topological polar surface area (TPSA) is 78.3 Å². The van der Waals surface area contributed by atoms with Gasteiger partial charge in [-0.1, -0.05) is 29.8 Å². The summed E-state index contributed by atoms with van der Waals surface area (Å²) in [6.07, 6.45) is 5.19. The standard InChI is InChI=1S/C29H26N4O3/c1-21-7-10-25(11-8-21)35-14-15-36-26-6-2-5-24(17-26)33-20-32-27-16-23(9-12-28(27)33)29(34)31-19-22-4-3-13-30-18-22/h2-13,16-18,20H,14-15,19H2,1H3,(H,31,34). The molecule has 5 rings (SSSR count). The van der Waals surface area contributed by atoms with E-state index in [9.17, 15) is 4.79 Å². The first-order valence-corrected chi connectivity index (χ1v) is 11.7. The number of rotatable bonds is 9. The van der Waals surface area contributed by atoms with Crippen molar-refractivity contribution < 1.29 is 14.3 Å². The van der Waals surface area contributed by atoms with Gasteiger partial charge in [-0.25, -0.2) is 4.98 Å². The van der Waals surface area contributed by atoms with Crippen LogP contribution in [0.15, 0.2) is 97.6 Å². The first kappa shape index (κ1) is 23.1. The molecule has 2 aromatic heterocycles. The number of nitrogens with one attached hydrogen (secondary N) is 1. The molecule has 0 radical (unpaired) electrons. The Bertz CT molecular complexity index is 1460. The average molecular weight is 479 g/mol. The zero-order chi connectivity index (χ0) is 24.7. The lowest BCUT2D eigenvalue weighted by Crippen LogP contribution is -2.22. The lowest BCUT2D eigenvalue weighted by atomic mass is 10.1. The van der Waals surface area contributed by atoms with Crippen molar-refractivity contribution in [2.45, 2.75) is 13.5 Å². The zero-order valence-corrected chi connectivity index (χ0v) is 19.9. The summed E-state index contributed by atoms with van der Waals surface area (Å²) in [5.74, 6) is 1.42. The summed E-state index contributed by atoms with van der Waals surface area (Å²) in [6.45, 7) is 3.35. The minimum atomic E-state index is -0.154. The van der Waals surface area contributed by atoms with Crippen molar-refractivity contribution in [1.82, 2.24) is 19.9 Å². The number of aryl methyl sites for hydroxylation is 1. The van der Waals surface area contributed by atoms with E-state index in [0.717, 1.165) is 33.8 Å². The number of ether oxygens (including phenoxy) is 2. The van der Waals surface area contributed by atoms with E-state index < -0.39 is 0 Å². The molecule has 0 aliphatic carbocycles. The Hall–Kier alpha value is -4.65. The van der Waals surface area contributed by atoms with Crippen LogP contribution in [0.4, 0.5) is 0 Å². The van der Waals surface area contributed by atoms with Crippen LogP contribution in [0.1, 0.15) is 21.5 Å². The molecule has 3 aromatic carbocycles. The maximum Gasteiger partial charge on any atom is 0.251 e. The molecule has 1 N–H and O–H groups in total. The number of imidazole rings is 1. The van der Waals surface area contributed by atoms with Crippen molar-refractivity contribution in [2.75, 3.05) is 13.2 Å². The Kier molecular flexibility index (Phi) is 6.89. The van der Waals surface area contributed by atoms with Crippen molar-refractivity contribution in [1.29, 1.82) is 0 Å². The van der Waals surface area contributed by atoms with E-state index in [0.29, 0.717) is 25.3 Å². The molecule has 0 saturated carbocycles. The predicted molar refractivity (Wildman–Crippen MR) is 139 cm³/mol. The number of hydrogen-bond acceptors (Lipinski definition) is 5. The molecule has 7 nitrogen and oxygen atoms in total. The highest BCUT2D eigenvalue weighted by atomic mass is 16.5. The number of carbonyl (C=O) groups excluding carboxylic acids is 1. The molecule has 0 spiro atoms. The van der Waals surface area contributed by atoms with Gasteiger partial charge >= 0.3 is 0 Å². The smallest absolute Gasteiger partial charge is 0.251 e. The highest BCUT2D eigenvalue weighted by molar-refractivity contribution is 5.97. The van der Waals surface area contributed by atoms with Crippen LogP contribution in [-0.4, -0.2) is 33.7 Å². The van der Waals surface area contributed by atoms with Crippen molar-refractivity contribution in [3.63, 3.8) is 0 Å². The Morgan fingerprint density at radius 2 is 1.75 bits per heavy atom. The molecule has 36 heavy (non-hydrogen) atoms. The first-order chi connectivity index (χ1) is 17.7. The molecule has 0 fully saturated rings. The summed E-state index contributed by atoms with van der Waals surface area (Å²) in [5.41, 5.74) is 5.26. The van der Waals surface area contributed by atoms with E-state index in [-0.39, 0.29) is 5.91 Å². The second-order valence-electron chi connectivity index (χ2n) is 8.37. The van der Waals surface area contributed by atoms with Crippen LogP contribution in [0.5, 0.6) is 11.5 Å². The average Bonchev–Trinajstić information content (AvgIpc) is 3.35. The maximum atomic E-state index is 12.6. The van der Waals surface area contributed by atoms with Crippen LogP contribution in [0, 0.1) is 6.92 Å². The van der Waals surface area contributed by atoms with Crippen molar-refractivity contribution in [3.8, 4) is 17.2 Å². The third-order valence-corrected chi connectivity index (χ3v) is 5.72. The molecule has 180 valence electrons. The van der Waals surface area contributed by atoms with Crippen LogP contribution < -0.4 is 14.8 Å². The highest BCUT2D eigenvalue weighted by Gasteiger charge is 2.11. The number of amides is 1.